The molecule has 2 N–H and O–H groups in total. The van der Waals surface area contributed by atoms with E-state index in [0.717, 1.165) is 35.7 Å². The fourth-order valence-corrected chi connectivity index (χ4v) is 3.31. The molecule has 1 heterocycles. The summed E-state index contributed by atoms with van der Waals surface area (Å²) in [5.41, 5.74) is 2.08. The number of aliphatic imine (C=N–C) groups is 1. The molecular formula is C23H31IN4O3. The number of amides is 1. The molecule has 0 radical (unpaired) electrons. The van der Waals surface area contributed by atoms with E-state index < -0.39 is 0 Å². The van der Waals surface area contributed by atoms with Crippen molar-refractivity contribution in [1.82, 2.24) is 10.6 Å². The third kappa shape index (κ3) is 7.30. The van der Waals surface area contributed by atoms with Gasteiger partial charge in [0.1, 0.15) is 17.6 Å². The van der Waals surface area contributed by atoms with E-state index in [2.05, 4.69) is 15.6 Å². The van der Waals surface area contributed by atoms with Crippen molar-refractivity contribution in [3.8, 4) is 11.5 Å². The minimum absolute atomic E-state index is 0. The molecule has 1 unspecified atom stereocenters. The predicted octanol–water partition coefficient (Wildman–Crippen LogP) is 3.57. The second kappa shape index (κ2) is 12.4. The molecule has 1 aliphatic rings. The van der Waals surface area contributed by atoms with E-state index in [-0.39, 0.29) is 36.0 Å². The van der Waals surface area contributed by atoms with E-state index in [4.69, 9.17) is 9.47 Å². The molecule has 0 bridgehead atoms. The van der Waals surface area contributed by atoms with Crippen LogP contribution in [0.15, 0.2) is 53.5 Å². The number of rotatable bonds is 8. The smallest absolute Gasteiger partial charge is 0.227 e. The van der Waals surface area contributed by atoms with Crippen LogP contribution in [0.4, 0.5) is 5.69 Å². The van der Waals surface area contributed by atoms with Gasteiger partial charge in [-0.3, -0.25) is 9.79 Å². The molecule has 1 atom stereocenters. The molecule has 2 aromatic rings. The highest BCUT2D eigenvalue weighted by Gasteiger charge is 2.21. The number of hydrogen-bond acceptors (Lipinski definition) is 4. The Balaban J connectivity index is 0.00000341. The first kappa shape index (κ1) is 24.8. The van der Waals surface area contributed by atoms with Crippen LogP contribution in [0.5, 0.6) is 11.5 Å². The number of methoxy groups -OCH3 is 1. The van der Waals surface area contributed by atoms with Crippen molar-refractivity contribution in [2.75, 3.05) is 32.1 Å². The summed E-state index contributed by atoms with van der Waals surface area (Å²) in [5, 5.41) is 6.58. The molecule has 2 aromatic carbocycles. The molecule has 1 saturated heterocycles. The molecule has 0 aliphatic carbocycles. The predicted molar refractivity (Wildman–Crippen MR) is 135 cm³/mol. The Morgan fingerprint density at radius 1 is 1.16 bits per heavy atom. The van der Waals surface area contributed by atoms with Crippen molar-refractivity contribution in [2.45, 2.75) is 32.4 Å². The maximum atomic E-state index is 11.9. The molecule has 0 saturated carbocycles. The van der Waals surface area contributed by atoms with E-state index in [9.17, 15) is 4.79 Å². The molecule has 7 nitrogen and oxygen atoms in total. The first-order valence-corrected chi connectivity index (χ1v) is 10.2. The number of nitrogens with zero attached hydrogens (tertiary/aromatic N) is 2. The normalized spacial score (nSPS) is 14.6. The summed E-state index contributed by atoms with van der Waals surface area (Å²) in [4.78, 5) is 18.0. The van der Waals surface area contributed by atoms with E-state index >= 15 is 0 Å². The van der Waals surface area contributed by atoms with Gasteiger partial charge in [-0.15, -0.1) is 24.0 Å². The summed E-state index contributed by atoms with van der Waals surface area (Å²) >= 11 is 0. The van der Waals surface area contributed by atoms with Crippen molar-refractivity contribution in [3.05, 3.63) is 54.1 Å². The molecule has 1 amide bonds. The Morgan fingerprint density at radius 2 is 1.90 bits per heavy atom. The van der Waals surface area contributed by atoms with Crippen LogP contribution in [0.3, 0.4) is 0 Å². The SMILES string of the molecule is CN=C(NCc1ccc(N2CCCC2=O)cc1)NCC(C)Oc1cccc(OC)c1.I. The summed E-state index contributed by atoms with van der Waals surface area (Å²) in [7, 11) is 3.38. The van der Waals surface area contributed by atoms with Crippen LogP contribution < -0.4 is 25.0 Å². The van der Waals surface area contributed by atoms with Crippen LogP contribution >= 0.6 is 24.0 Å². The van der Waals surface area contributed by atoms with Crippen molar-refractivity contribution in [1.29, 1.82) is 0 Å². The number of ether oxygens (including phenoxy) is 2. The van der Waals surface area contributed by atoms with E-state index in [1.165, 1.54) is 0 Å². The van der Waals surface area contributed by atoms with Crippen molar-refractivity contribution >= 4 is 41.5 Å². The second-order valence-corrected chi connectivity index (χ2v) is 7.23. The maximum Gasteiger partial charge on any atom is 0.227 e. The Labute approximate surface area is 201 Å². The van der Waals surface area contributed by atoms with Crippen molar-refractivity contribution < 1.29 is 14.3 Å². The van der Waals surface area contributed by atoms with Crippen LogP contribution in [-0.2, 0) is 11.3 Å². The first-order valence-electron chi connectivity index (χ1n) is 10.2. The fraction of sp³-hybridized carbons (Fsp3) is 0.391. The standard InChI is InChI=1S/C23H30N4O3.HI/c1-17(30-21-7-4-6-20(14-21)29-3)15-25-23(24-2)26-16-18-9-11-19(12-10-18)27-13-5-8-22(27)28;/h4,6-7,9-12,14,17H,5,8,13,15-16H2,1-3H3,(H2,24,25,26);1H. The molecule has 0 aromatic heterocycles. The van der Waals surface area contributed by atoms with Gasteiger partial charge in [-0.05, 0) is 43.2 Å². The molecule has 1 aliphatic heterocycles. The molecule has 31 heavy (non-hydrogen) atoms. The average molecular weight is 538 g/mol. The quantitative estimate of drug-likeness (QED) is 0.306. The summed E-state index contributed by atoms with van der Waals surface area (Å²) < 4.78 is 11.2. The maximum absolute atomic E-state index is 11.9. The molecule has 3 rings (SSSR count). The summed E-state index contributed by atoms with van der Waals surface area (Å²) in [5.74, 6) is 2.44. The summed E-state index contributed by atoms with van der Waals surface area (Å²) in [6, 6.07) is 15.6. The Morgan fingerprint density at radius 3 is 2.55 bits per heavy atom. The van der Waals surface area contributed by atoms with Crippen LogP contribution in [0.25, 0.3) is 0 Å². The van der Waals surface area contributed by atoms with Crippen LogP contribution in [0, 0.1) is 0 Å². The lowest BCUT2D eigenvalue weighted by molar-refractivity contribution is -0.117. The number of benzene rings is 2. The minimum atomic E-state index is -0.0482. The van der Waals surface area contributed by atoms with Gasteiger partial charge in [0.2, 0.25) is 5.91 Å². The Bertz CT molecular complexity index is 873. The molecule has 0 spiro atoms. The zero-order valence-electron chi connectivity index (χ0n) is 18.3. The van der Waals surface area contributed by atoms with Gasteiger partial charge in [-0.1, -0.05) is 18.2 Å². The van der Waals surface area contributed by atoms with E-state index in [1.54, 1.807) is 14.2 Å². The molecular weight excluding hydrogens is 507 g/mol. The monoisotopic (exact) mass is 538 g/mol. The van der Waals surface area contributed by atoms with Gasteiger partial charge in [-0.2, -0.15) is 0 Å². The third-order valence-corrected chi connectivity index (χ3v) is 4.94. The highest BCUT2D eigenvalue weighted by Crippen LogP contribution is 2.22. The number of anilines is 1. The topological polar surface area (TPSA) is 75.2 Å². The lowest BCUT2D eigenvalue weighted by Crippen LogP contribution is -2.41. The lowest BCUT2D eigenvalue weighted by atomic mass is 10.2. The van der Waals surface area contributed by atoms with Gasteiger partial charge >= 0.3 is 0 Å². The van der Waals surface area contributed by atoms with Crippen molar-refractivity contribution in [3.63, 3.8) is 0 Å². The van der Waals surface area contributed by atoms with Gasteiger partial charge in [0.25, 0.3) is 0 Å². The zero-order valence-corrected chi connectivity index (χ0v) is 20.6. The zero-order chi connectivity index (χ0) is 21.3. The van der Waals surface area contributed by atoms with Gasteiger partial charge in [0.15, 0.2) is 5.96 Å². The second-order valence-electron chi connectivity index (χ2n) is 7.23. The van der Waals surface area contributed by atoms with Gasteiger partial charge in [-0.25, -0.2) is 0 Å². The Hall–Kier alpha value is -2.49. The van der Waals surface area contributed by atoms with Crippen LogP contribution in [0.1, 0.15) is 25.3 Å². The highest BCUT2D eigenvalue weighted by molar-refractivity contribution is 14.0. The molecule has 8 heteroatoms. The summed E-state index contributed by atoms with van der Waals surface area (Å²) in [6.07, 6.45) is 1.53. The molecule has 1 fully saturated rings. The van der Waals surface area contributed by atoms with Gasteiger partial charge in [0.05, 0.1) is 13.7 Å². The number of guanidine groups is 1. The number of carbonyl (C=O) groups is 1. The van der Waals surface area contributed by atoms with E-state index in [0.29, 0.717) is 25.5 Å². The number of nitrogens with one attached hydrogen (secondary N) is 2. The average Bonchev–Trinajstić information content (AvgIpc) is 3.20. The highest BCUT2D eigenvalue weighted by atomic mass is 127. The Kier molecular flexibility index (Phi) is 9.90. The number of carbonyl (C=O) groups excluding carboxylic acids is 1. The van der Waals surface area contributed by atoms with Gasteiger partial charge in [0, 0.05) is 38.3 Å². The fourth-order valence-electron chi connectivity index (χ4n) is 3.31. The minimum Gasteiger partial charge on any atom is -0.497 e. The third-order valence-electron chi connectivity index (χ3n) is 4.94. The van der Waals surface area contributed by atoms with E-state index in [1.807, 2.05) is 60.4 Å². The van der Waals surface area contributed by atoms with Crippen LogP contribution in [0.2, 0.25) is 0 Å². The molecule has 168 valence electrons. The van der Waals surface area contributed by atoms with Crippen LogP contribution in [-0.4, -0.2) is 45.2 Å². The number of hydrogen-bond donors (Lipinski definition) is 2. The number of halogens is 1. The first-order chi connectivity index (χ1) is 14.6. The largest absolute Gasteiger partial charge is 0.497 e. The van der Waals surface area contributed by atoms with Gasteiger partial charge < -0.3 is 25.0 Å². The summed E-state index contributed by atoms with van der Waals surface area (Å²) in [6.45, 7) is 4.05. The lowest BCUT2D eigenvalue weighted by Gasteiger charge is -2.18. The van der Waals surface area contributed by atoms with Crippen molar-refractivity contribution in [2.24, 2.45) is 4.99 Å².